The van der Waals surface area contributed by atoms with Crippen LogP contribution in [-0.2, 0) is 0 Å². The highest BCUT2D eigenvalue weighted by atomic mass is 35.5. The van der Waals surface area contributed by atoms with Crippen molar-refractivity contribution in [1.82, 2.24) is 5.32 Å². The lowest BCUT2D eigenvalue weighted by Crippen LogP contribution is -2.49. The molecule has 2 N–H and O–H groups in total. The number of aliphatic hydroxyl groups excluding tert-OH is 1. The van der Waals surface area contributed by atoms with Crippen molar-refractivity contribution in [2.75, 3.05) is 43.0 Å². The van der Waals surface area contributed by atoms with Crippen LogP contribution in [-0.4, -0.2) is 50.6 Å². The van der Waals surface area contributed by atoms with E-state index in [-0.39, 0.29) is 25.0 Å². The Hall–Kier alpha value is -1.96. The van der Waals surface area contributed by atoms with Crippen LogP contribution in [0.15, 0.2) is 54.6 Å². The summed E-state index contributed by atoms with van der Waals surface area (Å²) in [5.41, 5.74) is 2.18. The van der Waals surface area contributed by atoms with Gasteiger partial charge in [-0.2, -0.15) is 13.2 Å². The van der Waals surface area contributed by atoms with E-state index in [0.717, 1.165) is 5.56 Å². The number of halogens is 4. The van der Waals surface area contributed by atoms with Crippen LogP contribution in [0, 0.1) is 0 Å². The molecule has 3 rings (SSSR count). The number of aliphatic hydroxyl groups is 1. The summed E-state index contributed by atoms with van der Waals surface area (Å²) >= 11 is 0. The monoisotopic (exact) mass is 415 g/mol. The van der Waals surface area contributed by atoms with Gasteiger partial charge in [0.05, 0.1) is 23.5 Å². The van der Waals surface area contributed by atoms with Crippen LogP contribution in [0.4, 0.5) is 24.5 Å². The molecule has 0 bridgehead atoms. The van der Waals surface area contributed by atoms with E-state index in [1.54, 1.807) is 19.2 Å². The Balaban J connectivity index is 0.00000280. The third-order valence-corrected chi connectivity index (χ3v) is 4.77. The van der Waals surface area contributed by atoms with Crippen LogP contribution in [0.1, 0.15) is 11.6 Å². The SMILES string of the molecule is CNC[C@H](O)[C@H](c1ccccc1)N1CCN(CC(F)(F)F)c2ccccc21.Cl. The van der Waals surface area contributed by atoms with Crippen LogP contribution < -0.4 is 15.1 Å². The average Bonchev–Trinajstić information content (AvgIpc) is 2.64. The van der Waals surface area contributed by atoms with Crippen molar-refractivity contribution in [3.05, 3.63) is 60.2 Å². The number of fused-ring (bicyclic) bond motifs is 1. The van der Waals surface area contributed by atoms with Gasteiger partial charge in [0.15, 0.2) is 0 Å². The number of hydrogen-bond acceptors (Lipinski definition) is 4. The van der Waals surface area contributed by atoms with Crippen molar-refractivity contribution >= 4 is 23.8 Å². The van der Waals surface area contributed by atoms with Gasteiger partial charge in [0.1, 0.15) is 6.54 Å². The molecule has 2 aromatic rings. The maximum Gasteiger partial charge on any atom is 0.405 e. The van der Waals surface area contributed by atoms with Crippen LogP contribution >= 0.6 is 12.4 Å². The van der Waals surface area contributed by atoms with Gasteiger partial charge in [-0.25, -0.2) is 0 Å². The fraction of sp³-hybridized carbons (Fsp3) is 0.400. The van der Waals surface area contributed by atoms with Crippen molar-refractivity contribution in [2.45, 2.75) is 18.3 Å². The highest BCUT2D eigenvalue weighted by molar-refractivity contribution is 5.85. The van der Waals surface area contributed by atoms with Gasteiger partial charge < -0.3 is 20.2 Å². The number of anilines is 2. The zero-order chi connectivity index (χ0) is 19.4. The predicted octanol–water partition coefficient (Wildman–Crippen LogP) is 3.62. The summed E-state index contributed by atoms with van der Waals surface area (Å²) in [7, 11) is 1.76. The molecule has 28 heavy (non-hydrogen) atoms. The highest BCUT2D eigenvalue weighted by Crippen LogP contribution is 2.40. The Kier molecular flexibility index (Phi) is 7.57. The van der Waals surface area contributed by atoms with Crippen molar-refractivity contribution in [1.29, 1.82) is 0 Å². The lowest BCUT2D eigenvalue weighted by atomic mass is 9.97. The van der Waals surface area contributed by atoms with Crippen molar-refractivity contribution in [2.24, 2.45) is 0 Å². The number of para-hydroxylation sites is 2. The van der Waals surface area contributed by atoms with E-state index >= 15 is 0 Å². The molecule has 4 nitrogen and oxygen atoms in total. The minimum atomic E-state index is -4.26. The predicted molar refractivity (Wildman–Crippen MR) is 108 cm³/mol. The summed E-state index contributed by atoms with van der Waals surface area (Å²) in [5.74, 6) is 0. The smallest absolute Gasteiger partial charge is 0.389 e. The molecule has 0 unspecified atom stereocenters. The van der Waals surface area contributed by atoms with Gasteiger partial charge in [-0.1, -0.05) is 42.5 Å². The third kappa shape index (κ3) is 5.10. The van der Waals surface area contributed by atoms with E-state index in [9.17, 15) is 18.3 Å². The van der Waals surface area contributed by atoms with Gasteiger partial charge in [0.2, 0.25) is 0 Å². The zero-order valence-corrected chi connectivity index (χ0v) is 16.4. The minimum Gasteiger partial charge on any atom is -0.389 e. The fourth-order valence-corrected chi connectivity index (χ4v) is 3.69. The quantitative estimate of drug-likeness (QED) is 0.756. The van der Waals surface area contributed by atoms with Crippen LogP contribution in [0.2, 0.25) is 0 Å². The van der Waals surface area contributed by atoms with Gasteiger partial charge in [0.25, 0.3) is 0 Å². The molecule has 0 fully saturated rings. The molecule has 0 saturated heterocycles. The first-order chi connectivity index (χ1) is 12.9. The molecule has 1 aliphatic heterocycles. The second-order valence-corrected chi connectivity index (χ2v) is 6.70. The largest absolute Gasteiger partial charge is 0.405 e. The number of nitrogens with zero attached hydrogens (tertiary/aromatic N) is 2. The maximum atomic E-state index is 13.0. The van der Waals surface area contributed by atoms with Gasteiger partial charge >= 0.3 is 6.18 Å². The highest BCUT2D eigenvalue weighted by Gasteiger charge is 2.37. The van der Waals surface area contributed by atoms with E-state index in [2.05, 4.69) is 5.32 Å². The lowest BCUT2D eigenvalue weighted by molar-refractivity contribution is -0.119. The third-order valence-electron chi connectivity index (χ3n) is 4.77. The molecule has 0 aliphatic carbocycles. The summed E-state index contributed by atoms with van der Waals surface area (Å²) in [6.45, 7) is 0.0387. The molecule has 0 saturated carbocycles. The molecule has 1 heterocycles. The number of nitrogens with one attached hydrogen (secondary N) is 1. The topological polar surface area (TPSA) is 38.7 Å². The molecule has 0 aromatic heterocycles. The second-order valence-electron chi connectivity index (χ2n) is 6.70. The first-order valence-electron chi connectivity index (χ1n) is 8.95. The first kappa shape index (κ1) is 22.3. The van der Waals surface area contributed by atoms with Gasteiger partial charge in [0, 0.05) is 19.6 Å². The molecular weight excluding hydrogens is 391 g/mol. The second kappa shape index (κ2) is 9.49. The van der Waals surface area contributed by atoms with Crippen molar-refractivity contribution in [3.8, 4) is 0 Å². The lowest BCUT2D eigenvalue weighted by Gasteiger charge is -2.44. The maximum absolute atomic E-state index is 13.0. The summed E-state index contributed by atoms with van der Waals surface area (Å²) in [6, 6.07) is 16.3. The Morgan fingerprint density at radius 1 is 1.00 bits per heavy atom. The first-order valence-corrected chi connectivity index (χ1v) is 8.95. The standard InChI is InChI=1S/C20H24F3N3O.ClH/c1-24-13-18(27)19(15-7-3-2-4-8-15)26-12-11-25(14-20(21,22)23)16-9-5-6-10-17(16)26;/h2-10,18-19,24,27H,11-14H2,1H3;1H/t18-,19-;/m0./s1. The molecule has 2 atom stereocenters. The summed E-state index contributed by atoms with van der Waals surface area (Å²) in [6.07, 6.45) is -4.97. The Labute approximate surface area is 169 Å². The molecule has 0 spiro atoms. The number of hydrogen-bond donors (Lipinski definition) is 2. The molecule has 1 aliphatic rings. The van der Waals surface area contributed by atoms with Gasteiger partial charge in [-0.05, 0) is 24.7 Å². The number of benzene rings is 2. The average molecular weight is 416 g/mol. The molecule has 0 amide bonds. The Bertz CT molecular complexity index is 745. The fourth-order valence-electron chi connectivity index (χ4n) is 3.69. The summed E-state index contributed by atoms with van der Waals surface area (Å²) in [5, 5.41) is 13.8. The van der Waals surface area contributed by atoms with E-state index in [4.69, 9.17) is 0 Å². The van der Waals surface area contributed by atoms with Crippen LogP contribution in [0.25, 0.3) is 0 Å². The Morgan fingerprint density at radius 2 is 1.61 bits per heavy atom. The molecule has 8 heteroatoms. The molecular formula is C20H25ClF3N3O. The molecule has 0 radical (unpaired) electrons. The summed E-state index contributed by atoms with van der Waals surface area (Å²) < 4.78 is 38.9. The van der Waals surface area contributed by atoms with E-state index in [0.29, 0.717) is 24.5 Å². The van der Waals surface area contributed by atoms with E-state index in [1.807, 2.05) is 47.4 Å². The molecule has 154 valence electrons. The van der Waals surface area contributed by atoms with Crippen molar-refractivity contribution < 1.29 is 18.3 Å². The number of alkyl halides is 3. The van der Waals surface area contributed by atoms with Gasteiger partial charge in [-0.15, -0.1) is 12.4 Å². The number of rotatable bonds is 6. The van der Waals surface area contributed by atoms with Crippen LogP contribution in [0.3, 0.4) is 0 Å². The van der Waals surface area contributed by atoms with E-state index in [1.165, 1.54) is 4.90 Å². The summed E-state index contributed by atoms with van der Waals surface area (Å²) in [4.78, 5) is 3.37. The van der Waals surface area contributed by atoms with E-state index < -0.39 is 18.8 Å². The normalized spacial score (nSPS) is 16.2. The number of likely N-dealkylation sites (N-methyl/N-ethyl adjacent to an activating group) is 1. The van der Waals surface area contributed by atoms with Crippen molar-refractivity contribution in [3.63, 3.8) is 0 Å². The van der Waals surface area contributed by atoms with Crippen LogP contribution in [0.5, 0.6) is 0 Å². The molecule has 2 aromatic carbocycles. The Morgan fingerprint density at radius 3 is 2.21 bits per heavy atom. The zero-order valence-electron chi connectivity index (χ0n) is 15.6. The van der Waals surface area contributed by atoms with Gasteiger partial charge in [-0.3, -0.25) is 0 Å². The minimum absolute atomic E-state index is 0.